The standard InChI is InChI=1S/C21H31N7O2.HI/c1-15-25-26-20(27(15)2)13-24-21(23-12-16-6-8-18(30-3)9-7-16)28-10-4-5-17(14-28)11-19(22)29;/h6-9,17H,4-5,10-14H2,1-3H3,(H2,22,29)(H,23,24);1H. The fraction of sp³-hybridized carbons (Fsp3) is 0.524. The van der Waals surface area contributed by atoms with E-state index in [1.165, 1.54) is 0 Å². The molecule has 0 spiro atoms. The molecule has 2 aromatic rings. The van der Waals surface area contributed by atoms with Crippen LogP contribution in [0.25, 0.3) is 0 Å². The zero-order valence-electron chi connectivity index (χ0n) is 18.4. The molecular weight excluding hydrogens is 509 g/mol. The molecule has 1 atom stereocenters. The van der Waals surface area contributed by atoms with Gasteiger partial charge in [0.25, 0.3) is 0 Å². The van der Waals surface area contributed by atoms with Crippen LogP contribution in [0.15, 0.2) is 29.3 Å². The number of hydrogen-bond acceptors (Lipinski definition) is 5. The van der Waals surface area contributed by atoms with Crippen molar-refractivity contribution in [3.8, 4) is 5.75 Å². The number of likely N-dealkylation sites (tertiary alicyclic amines) is 1. The maximum absolute atomic E-state index is 11.4. The van der Waals surface area contributed by atoms with Gasteiger partial charge in [0.2, 0.25) is 5.91 Å². The van der Waals surface area contributed by atoms with E-state index in [4.69, 9.17) is 15.5 Å². The molecule has 10 heteroatoms. The lowest BCUT2D eigenvalue weighted by Gasteiger charge is -2.34. The third-order valence-corrected chi connectivity index (χ3v) is 5.47. The van der Waals surface area contributed by atoms with Crippen molar-refractivity contribution in [1.29, 1.82) is 0 Å². The molecule has 0 radical (unpaired) electrons. The molecule has 0 aliphatic carbocycles. The van der Waals surface area contributed by atoms with Gasteiger partial charge in [0.05, 0.1) is 20.2 Å². The van der Waals surface area contributed by atoms with E-state index in [0.29, 0.717) is 19.5 Å². The summed E-state index contributed by atoms with van der Waals surface area (Å²) in [5.74, 6) is 3.34. The zero-order chi connectivity index (χ0) is 21.5. The number of primary amides is 1. The van der Waals surface area contributed by atoms with E-state index in [0.717, 1.165) is 54.9 Å². The van der Waals surface area contributed by atoms with E-state index in [2.05, 4.69) is 20.4 Å². The maximum atomic E-state index is 11.4. The Labute approximate surface area is 200 Å². The quantitative estimate of drug-likeness (QED) is 0.315. The lowest BCUT2D eigenvalue weighted by Crippen LogP contribution is -2.47. The summed E-state index contributed by atoms with van der Waals surface area (Å²) in [5.41, 5.74) is 6.52. The first-order valence-corrected chi connectivity index (χ1v) is 10.3. The molecule has 1 saturated heterocycles. The Kier molecular flexibility index (Phi) is 9.53. The summed E-state index contributed by atoms with van der Waals surface area (Å²) in [5, 5.41) is 11.8. The Morgan fingerprint density at radius 2 is 2.06 bits per heavy atom. The van der Waals surface area contributed by atoms with Crippen molar-refractivity contribution in [3.63, 3.8) is 0 Å². The van der Waals surface area contributed by atoms with Crippen LogP contribution in [0.1, 0.15) is 36.5 Å². The maximum Gasteiger partial charge on any atom is 0.217 e. The highest BCUT2D eigenvalue weighted by molar-refractivity contribution is 14.0. The Hall–Kier alpha value is -2.37. The van der Waals surface area contributed by atoms with E-state index in [1.54, 1.807) is 7.11 Å². The smallest absolute Gasteiger partial charge is 0.217 e. The Morgan fingerprint density at radius 3 is 2.68 bits per heavy atom. The number of nitrogens with zero attached hydrogens (tertiary/aromatic N) is 5. The molecule has 3 N–H and O–H groups in total. The van der Waals surface area contributed by atoms with Crippen molar-refractivity contribution in [2.24, 2.45) is 23.7 Å². The summed E-state index contributed by atoms with van der Waals surface area (Å²) < 4.78 is 7.18. The summed E-state index contributed by atoms with van der Waals surface area (Å²) in [6, 6.07) is 7.89. The molecule has 0 bridgehead atoms. The highest BCUT2D eigenvalue weighted by Crippen LogP contribution is 2.20. The molecule has 1 aromatic carbocycles. The molecule has 1 unspecified atom stereocenters. The normalized spacial score (nSPS) is 16.5. The first-order chi connectivity index (χ1) is 14.5. The number of halogens is 1. The zero-order valence-corrected chi connectivity index (χ0v) is 20.7. The van der Waals surface area contributed by atoms with Gasteiger partial charge in [-0.1, -0.05) is 12.1 Å². The number of aromatic nitrogens is 3. The SMILES string of the molecule is COc1ccc(CN=C(NCc2nnc(C)n2C)N2CCCC(CC(N)=O)C2)cc1.I. The number of aryl methyl sites for hydroxylation is 1. The van der Waals surface area contributed by atoms with Crippen LogP contribution in [0.2, 0.25) is 0 Å². The van der Waals surface area contributed by atoms with Crippen molar-refractivity contribution < 1.29 is 9.53 Å². The van der Waals surface area contributed by atoms with Gasteiger partial charge in [-0.15, -0.1) is 34.2 Å². The van der Waals surface area contributed by atoms with Gasteiger partial charge in [0, 0.05) is 26.6 Å². The molecule has 0 saturated carbocycles. The van der Waals surface area contributed by atoms with Crippen LogP contribution in [0.3, 0.4) is 0 Å². The van der Waals surface area contributed by atoms with E-state index in [1.807, 2.05) is 42.8 Å². The van der Waals surface area contributed by atoms with Crippen LogP contribution < -0.4 is 15.8 Å². The minimum Gasteiger partial charge on any atom is -0.497 e. The van der Waals surface area contributed by atoms with Crippen molar-refractivity contribution >= 4 is 35.8 Å². The Balaban J connectivity index is 0.00000341. The van der Waals surface area contributed by atoms with Crippen LogP contribution in [-0.2, 0) is 24.9 Å². The molecule has 31 heavy (non-hydrogen) atoms. The number of rotatable bonds is 7. The molecular formula is C21H32IN7O2. The number of ether oxygens (including phenoxy) is 1. The van der Waals surface area contributed by atoms with Crippen molar-refractivity contribution in [2.45, 2.75) is 39.3 Å². The molecule has 170 valence electrons. The molecule has 1 fully saturated rings. The third kappa shape index (κ3) is 7.08. The lowest BCUT2D eigenvalue weighted by atomic mass is 9.95. The molecule has 9 nitrogen and oxygen atoms in total. The number of piperidine rings is 1. The summed E-state index contributed by atoms with van der Waals surface area (Å²) >= 11 is 0. The fourth-order valence-electron chi connectivity index (χ4n) is 3.64. The van der Waals surface area contributed by atoms with E-state index in [9.17, 15) is 4.79 Å². The average molecular weight is 541 g/mol. The summed E-state index contributed by atoms with van der Waals surface area (Å²) in [6.45, 7) is 4.64. The first kappa shape index (κ1) is 24.9. The van der Waals surface area contributed by atoms with Crippen LogP contribution in [0, 0.1) is 12.8 Å². The molecule has 1 aliphatic rings. The highest BCUT2D eigenvalue weighted by Gasteiger charge is 2.24. The van der Waals surface area contributed by atoms with Crippen LogP contribution in [-0.4, -0.2) is 51.7 Å². The Morgan fingerprint density at radius 1 is 1.32 bits per heavy atom. The third-order valence-electron chi connectivity index (χ3n) is 5.47. The molecule has 1 aliphatic heterocycles. The monoisotopic (exact) mass is 541 g/mol. The second kappa shape index (κ2) is 11.9. The number of guanidine groups is 1. The Bertz CT molecular complexity index is 882. The summed E-state index contributed by atoms with van der Waals surface area (Å²) in [4.78, 5) is 18.5. The second-order valence-corrected chi connectivity index (χ2v) is 7.69. The van der Waals surface area contributed by atoms with E-state index in [-0.39, 0.29) is 35.8 Å². The van der Waals surface area contributed by atoms with Crippen LogP contribution in [0.5, 0.6) is 5.75 Å². The minimum absolute atomic E-state index is 0. The first-order valence-electron chi connectivity index (χ1n) is 10.3. The number of carbonyl (C=O) groups is 1. The van der Waals surface area contributed by atoms with Gasteiger partial charge in [-0.25, -0.2) is 4.99 Å². The number of nitrogens with two attached hydrogens (primary N) is 1. The predicted octanol–water partition coefficient (Wildman–Crippen LogP) is 1.98. The van der Waals surface area contributed by atoms with Gasteiger partial charge in [-0.05, 0) is 43.4 Å². The van der Waals surface area contributed by atoms with Gasteiger partial charge in [0.15, 0.2) is 11.8 Å². The van der Waals surface area contributed by atoms with Gasteiger partial charge in [-0.3, -0.25) is 4.79 Å². The van der Waals surface area contributed by atoms with E-state index < -0.39 is 0 Å². The molecule has 1 aromatic heterocycles. The number of amides is 1. The van der Waals surface area contributed by atoms with Crippen molar-refractivity contribution in [2.75, 3.05) is 20.2 Å². The number of methoxy groups -OCH3 is 1. The van der Waals surface area contributed by atoms with Gasteiger partial charge in [0.1, 0.15) is 11.6 Å². The largest absolute Gasteiger partial charge is 0.497 e. The number of carbonyl (C=O) groups excluding carboxylic acids is 1. The lowest BCUT2D eigenvalue weighted by molar-refractivity contribution is -0.119. The van der Waals surface area contributed by atoms with Crippen LogP contribution >= 0.6 is 24.0 Å². The number of hydrogen-bond donors (Lipinski definition) is 2. The van der Waals surface area contributed by atoms with Crippen molar-refractivity contribution in [1.82, 2.24) is 25.0 Å². The van der Waals surface area contributed by atoms with Gasteiger partial charge >= 0.3 is 0 Å². The molecule has 2 heterocycles. The number of aliphatic imine (C=N–C) groups is 1. The fourth-order valence-corrected chi connectivity index (χ4v) is 3.64. The molecule has 3 rings (SSSR count). The van der Waals surface area contributed by atoms with E-state index >= 15 is 0 Å². The average Bonchev–Trinajstić information content (AvgIpc) is 3.06. The minimum atomic E-state index is -0.249. The second-order valence-electron chi connectivity index (χ2n) is 7.69. The van der Waals surface area contributed by atoms with Gasteiger partial charge in [-0.2, -0.15) is 0 Å². The highest BCUT2D eigenvalue weighted by atomic mass is 127. The topological polar surface area (TPSA) is 111 Å². The molecule has 1 amide bonds. The van der Waals surface area contributed by atoms with Gasteiger partial charge < -0.3 is 25.3 Å². The summed E-state index contributed by atoms with van der Waals surface area (Å²) in [7, 11) is 3.60. The van der Waals surface area contributed by atoms with Crippen LogP contribution in [0.4, 0.5) is 0 Å². The summed E-state index contributed by atoms with van der Waals surface area (Å²) in [6.07, 6.45) is 2.42. The predicted molar refractivity (Wildman–Crippen MR) is 130 cm³/mol. The number of benzene rings is 1. The van der Waals surface area contributed by atoms with Crippen molar-refractivity contribution in [3.05, 3.63) is 41.5 Å². The number of nitrogens with one attached hydrogen (secondary N) is 1.